The topological polar surface area (TPSA) is 66.8 Å². The predicted octanol–water partition coefficient (Wildman–Crippen LogP) is 3.38. The first-order valence-electron chi connectivity index (χ1n) is 9.07. The third kappa shape index (κ3) is 3.60. The summed E-state index contributed by atoms with van der Waals surface area (Å²) in [7, 11) is 0. The minimum absolute atomic E-state index is 0.0909. The molecule has 0 aromatic heterocycles. The quantitative estimate of drug-likeness (QED) is 0.438. The van der Waals surface area contributed by atoms with Crippen LogP contribution < -0.4 is 0 Å². The second-order valence-electron chi connectivity index (χ2n) is 7.95. The maximum absolute atomic E-state index is 10.5. The lowest BCUT2D eigenvalue weighted by Crippen LogP contribution is -2.57. The Morgan fingerprint density at radius 1 is 1.33 bits per heavy atom. The summed E-state index contributed by atoms with van der Waals surface area (Å²) in [5, 5.41) is 20.2. The Hall–Kier alpha value is -1.13. The van der Waals surface area contributed by atoms with Crippen LogP contribution in [0.4, 0.5) is 0 Å². The highest BCUT2D eigenvalue weighted by molar-refractivity contribution is 5.90. The lowest BCUT2D eigenvalue weighted by molar-refractivity contribution is -0.167. The number of carbonyl (C=O) groups excluding carboxylic acids is 1. The number of cyclic esters (lactones) is 1. The van der Waals surface area contributed by atoms with Gasteiger partial charge < -0.3 is 14.9 Å². The summed E-state index contributed by atoms with van der Waals surface area (Å²) in [6.07, 6.45) is 7.70. The molecule has 0 radical (unpaired) electrons. The van der Waals surface area contributed by atoms with E-state index >= 15 is 0 Å². The molecule has 136 valence electrons. The van der Waals surface area contributed by atoms with E-state index in [1.165, 1.54) is 5.57 Å². The highest BCUT2D eigenvalue weighted by atomic mass is 16.5. The number of esters is 1. The summed E-state index contributed by atoms with van der Waals surface area (Å²) in [5.74, 6) is 0.929. The summed E-state index contributed by atoms with van der Waals surface area (Å²) >= 11 is 0. The van der Waals surface area contributed by atoms with Gasteiger partial charge in [0.2, 0.25) is 0 Å². The van der Waals surface area contributed by atoms with Crippen LogP contribution in [-0.4, -0.2) is 35.0 Å². The van der Waals surface area contributed by atoms with E-state index in [-0.39, 0.29) is 18.0 Å². The highest BCUT2D eigenvalue weighted by Gasteiger charge is 2.54. The summed E-state index contributed by atoms with van der Waals surface area (Å²) in [4.78, 5) is 10.5. The molecular weight excluding hydrogens is 304 g/mol. The van der Waals surface area contributed by atoms with E-state index in [4.69, 9.17) is 0 Å². The maximum Gasteiger partial charge on any atom is 0.333 e. The van der Waals surface area contributed by atoms with Crippen molar-refractivity contribution < 1.29 is 19.7 Å². The van der Waals surface area contributed by atoms with Gasteiger partial charge in [-0.2, -0.15) is 0 Å². The van der Waals surface area contributed by atoms with E-state index in [9.17, 15) is 15.0 Å². The molecule has 1 aliphatic heterocycles. The van der Waals surface area contributed by atoms with Crippen LogP contribution >= 0.6 is 0 Å². The monoisotopic (exact) mass is 336 g/mol. The molecule has 3 rings (SSSR count). The van der Waals surface area contributed by atoms with E-state index in [0.717, 1.165) is 44.1 Å². The molecule has 0 amide bonds. The van der Waals surface area contributed by atoms with Gasteiger partial charge >= 0.3 is 5.97 Å². The Kier molecular flexibility index (Phi) is 5.92. The van der Waals surface area contributed by atoms with Crippen LogP contribution in [0.2, 0.25) is 0 Å². The van der Waals surface area contributed by atoms with Gasteiger partial charge in [-0.15, -0.1) is 0 Å². The molecule has 1 heterocycles. The van der Waals surface area contributed by atoms with E-state index in [1.54, 1.807) is 6.08 Å². The largest absolute Gasteiger partial charge is 0.462 e. The zero-order valence-electron chi connectivity index (χ0n) is 15.3. The Bertz CT molecular complexity index is 520. The molecule has 0 aromatic rings. The van der Waals surface area contributed by atoms with Gasteiger partial charge in [0, 0.05) is 17.4 Å². The van der Waals surface area contributed by atoms with Crippen molar-refractivity contribution in [2.45, 2.75) is 64.9 Å². The third-order valence-corrected chi connectivity index (χ3v) is 6.52. The van der Waals surface area contributed by atoms with Gasteiger partial charge in [-0.25, -0.2) is 4.79 Å². The first-order chi connectivity index (χ1) is 11.2. The molecule has 3 aliphatic rings. The smallest absolute Gasteiger partial charge is 0.333 e. The second kappa shape index (κ2) is 7.40. The maximum atomic E-state index is 10.5. The van der Waals surface area contributed by atoms with Gasteiger partial charge in [0.15, 0.2) is 0 Å². The van der Waals surface area contributed by atoms with Crippen LogP contribution in [0.1, 0.15) is 59.3 Å². The minimum Gasteiger partial charge on any atom is -0.462 e. The number of aliphatic hydroxyl groups is 2. The number of hydrogen-bond acceptors (Lipinski definition) is 4. The van der Waals surface area contributed by atoms with Crippen LogP contribution in [0.5, 0.6) is 0 Å². The van der Waals surface area contributed by atoms with Gasteiger partial charge in [0.1, 0.15) is 0 Å². The summed E-state index contributed by atoms with van der Waals surface area (Å²) in [6, 6.07) is 0. The van der Waals surface area contributed by atoms with Crippen LogP contribution in [0.25, 0.3) is 0 Å². The number of fused-ring (bicyclic) bond motifs is 1. The van der Waals surface area contributed by atoms with Gasteiger partial charge in [-0.05, 0) is 57.8 Å². The van der Waals surface area contributed by atoms with Gasteiger partial charge in [0.05, 0.1) is 18.8 Å². The molecule has 0 aromatic carbocycles. The predicted molar refractivity (Wildman–Crippen MR) is 94.4 cm³/mol. The first kappa shape index (κ1) is 19.2. The van der Waals surface area contributed by atoms with E-state index in [1.807, 2.05) is 13.8 Å². The molecule has 2 aliphatic carbocycles. The summed E-state index contributed by atoms with van der Waals surface area (Å²) in [5.41, 5.74) is 1.10. The fourth-order valence-electron chi connectivity index (χ4n) is 4.50. The molecule has 0 spiro atoms. The number of rotatable bonds is 1. The second-order valence-corrected chi connectivity index (χ2v) is 7.95. The molecule has 4 heteroatoms. The number of hydrogen-bond donors (Lipinski definition) is 2. The van der Waals surface area contributed by atoms with E-state index in [2.05, 4.69) is 18.2 Å². The Morgan fingerprint density at radius 3 is 2.54 bits per heavy atom. The molecule has 2 saturated carbocycles. The van der Waals surface area contributed by atoms with Crippen LogP contribution in [0, 0.1) is 17.3 Å². The van der Waals surface area contributed by atoms with E-state index in [0.29, 0.717) is 18.4 Å². The standard InChI is InChI=1S/C14H24O2.C6H8O2/c1-10-4-5-12-11(8-10)6-7-14(3,16)13(12,2)9-15;1-2-5-3-4-8-6(5)7/h11-12,15-16H,1,4-9H2,2-3H3;2H,3-4H2,1H3/b;5-2+. The van der Waals surface area contributed by atoms with Gasteiger partial charge in [-0.3, -0.25) is 0 Å². The number of carbonyl (C=O) groups is 1. The fourth-order valence-corrected chi connectivity index (χ4v) is 4.50. The molecule has 1 saturated heterocycles. The number of aliphatic hydroxyl groups excluding tert-OH is 1. The molecule has 4 atom stereocenters. The SMILES string of the molecule is C/C=C1\CCOC1=O.C=C1CCC2C(CCC(C)(O)C2(C)CO)C1. The van der Waals surface area contributed by atoms with Crippen LogP contribution in [-0.2, 0) is 9.53 Å². The van der Waals surface area contributed by atoms with Crippen molar-refractivity contribution in [2.24, 2.45) is 17.3 Å². The normalized spacial score (nSPS) is 40.6. The lowest BCUT2D eigenvalue weighted by atomic mass is 9.52. The molecule has 0 bridgehead atoms. The Morgan fingerprint density at radius 2 is 2.04 bits per heavy atom. The van der Waals surface area contributed by atoms with Crippen molar-refractivity contribution >= 4 is 5.97 Å². The van der Waals surface area contributed by atoms with Crippen molar-refractivity contribution in [3.05, 3.63) is 23.8 Å². The minimum atomic E-state index is -0.721. The summed E-state index contributed by atoms with van der Waals surface area (Å²) in [6.45, 7) is 10.5. The van der Waals surface area contributed by atoms with Gasteiger partial charge in [0.25, 0.3) is 0 Å². The molecule has 24 heavy (non-hydrogen) atoms. The van der Waals surface area contributed by atoms with Crippen molar-refractivity contribution in [3.63, 3.8) is 0 Å². The summed E-state index contributed by atoms with van der Waals surface area (Å²) < 4.78 is 4.65. The zero-order chi connectivity index (χ0) is 18.0. The van der Waals surface area contributed by atoms with Crippen molar-refractivity contribution in [1.82, 2.24) is 0 Å². The fraction of sp³-hybridized carbons (Fsp3) is 0.750. The zero-order valence-corrected chi connectivity index (χ0v) is 15.3. The highest BCUT2D eigenvalue weighted by Crippen LogP contribution is 2.55. The van der Waals surface area contributed by atoms with Crippen molar-refractivity contribution in [3.8, 4) is 0 Å². The average Bonchev–Trinajstić information content (AvgIpc) is 2.97. The van der Waals surface area contributed by atoms with Gasteiger partial charge in [-0.1, -0.05) is 25.2 Å². The number of ether oxygens (including phenoxy) is 1. The number of allylic oxidation sites excluding steroid dienone is 2. The molecule has 3 fully saturated rings. The average molecular weight is 336 g/mol. The van der Waals surface area contributed by atoms with Crippen LogP contribution in [0.3, 0.4) is 0 Å². The van der Waals surface area contributed by atoms with Crippen molar-refractivity contribution in [2.75, 3.05) is 13.2 Å². The lowest BCUT2D eigenvalue weighted by Gasteiger charge is -2.56. The molecule has 4 nitrogen and oxygen atoms in total. The van der Waals surface area contributed by atoms with E-state index < -0.39 is 5.60 Å². The molecular formula is C20H32O4. The third-order valence-electron chi connectivity index (χ3n) is 6.52. The van der Waals surface area contributed by atoms with Crippen LogP contribution in [0.15, 0.2) is 23.8 Å². The molecule has 4 unspecified atom stereocenters. The first-order valence-corrected chi connectivity index (χ1v) is 9.07. The molecule has 2 N–H and O–H groups in total. The Labute approximate surface area is 145 Å². The van der Waals surface area contributed by atoms with Crippen molar-refractivity contribution in [1.29, 1.82) is 0 Å². The Balaban J connectivity index is 0.000000219.